The van der Waals surface area contributed by atoms with Crippen LogP contribution in [0.5, 0.6) is 0 Å². The summed E-state index contributed by atoms with van der Waals surface area (Å²) in [6.07, 6.45) is 2.10. The normalized spacial score (nSPS) is 13.6. The second-order valence-electron chi connectivity index (χ2n) is 10.7. The summed E-state index contributed by atoms with van der Waals surface area (Å²) in [5.74, 6) is -3.61. The maximum absolute atomic E-state index is 14.6. The van der Waals surface area contributed by atoms with E-state index in [0.717, 1.165) is 53.7 Å². The molecule has 16 heteroatoms. The number of nitrogens with zero attached hydrogens (tertiary/aromatic N) is 6. The third kappa shape index (κ3) is 6.32. The molecule has 4 aromatic heterocycles. The molecule has 6 aromatic rings. The lowest BCUT2D eigenvalue weighted by Crippen LogP contribution is -2.43. The summed E-state index contributed by atoms with van der Waals surface area (Å²) in [5, 5.41) is 27.2. The first kappa shape index (κ1) is 30.5. The number of anilines is 2. The molecule has 238 valence electrons. The molecule has 1 amide bonds. The van der Waals surface area contributed by atoms with Crippen LogP contribution in [0.4, 0.5) is 28.9 Å². The van der Waals surface area contributed by atoms with Crippen LogP contribution >= 0.6 is 0 Å². The quantitative estimate of drug-likeness (QED) is 0.204. The Bertz CT molecular complexity index is 2080. The lowest BCUT2D eigenvalue weighted by Gasteiger charge is -2.30. The molecule has 0 saturated carbocycles. The van der Waals surface area contributed by atoms with Gasteiger partial charge in [-0.15, -0.1) is 0 Å². The van der Waals surface area contributed by atoms with Crippen molar-refractivity contribution in [2.24, 2.45) is 0 Å². The highest BCUT2D eigenvalue weighted by atomic mass is 19.4. The smallest absolute Gasteiger partial charge is 0.475 e. The Morgan fingerprint density at radius 3 is 2.57 bits per heavy atom. The van der Waals surface area contributed by atoms with Gasteiger partial charge >= 0.3 is 12.1 Å². The van der Waals surface area contributed by atoms with E-state index in [-0.39, 0.29) is 11.6 Å². The molecular weight excluding hydrogens is 610 g/mol. The molecule has 1 aliphatic heterocycles. The molecule has 0 spiro atoms. The Labute approximate surface area is 257 Å². The number of rotatable bonds is 5. The van der Waals surface area contributed by atoms with Gasteiger partial charge in [-0.25, -0.2) is 14.2 Å². The van der Waals surface area contributed by atoms with Gasteiger partial charge in [-0.1, -0.05) is 6.07 Å². The van der Waals surface area contributed by atoms with Crippen LogP contribution in [0.15, 0.2) is 61.2 Å². The molecule has 5 heterocycles. The van der Waals surface area contributed by atoms with Crippen molar-refractivity contribution in [1.29, 1.82) is 0 Å². The number of alkyl halides is 3. The van der Waals surface area contributed by atoms with Crippen molar-refractivity contribution >= 4 is 50.7 Å². The van der Waals surface area contributed by atoms with E-state index in [1.54, 1.807) is 36.0 Å². The largest absolute Gasteiger partial charge is 0.490 e. The molecule has 46 heavy (non-hydrogen) atoms. The summed E-state index contributed by atoms with van der Waals surface area (Å²) in [6, 6.07) is 11.2. The predicted octanol–water partition coefficient (Wildman–Crippen LogP) is 4.35. The summed E-state index contributed by atoms with van der Waals surface area (Å²) in [7, 11) is 0. The minimum Gasteiger partial charge on any atom is -0.475 e. The number of halogens is 4. The summed E-state index contributed by atoms with van der Waals surface area (Å²) >= 11 is 0. The SMILES string of the molecule is Cc1cn2cc(NC(=O)c3ccc(N4CCNCC4)c4cn(Cc5ccc6[nH]ncc6c5)nc34)cc(F)c2n1.O=C(O)C(F)(F)F. The first-order valence-electron chi connectivity index (χ1n) is 14.1. The maximum Gasteiger partial charge on any atom is 0.490 e. The van der Waals surface area contributed by atoms with E-state index in [4.69, 9.17) is 15.0 Å². The molecule has 0 atom stereocenters. The number of aliphatic carboxylic acids is 1. The van der Waals surface area contributed by atoms with Crippen molar-refractivity contribution in [2.75, 3.05) is 36.4 Å². The molecule has 7 rings (SSSR count). The number of hydrogen-bond acceptors (Lipinski definition) is 7. The van der Waals surface area contributed by atoms with Gasteiger partial charge in [0.2, 0.25) is 0 Å². The van der Waals surface area contributed by atoms with Crippen LogP contribution in [0.3, 0.4) is 0 Å². The lowest BCUT2D eigenvalue weighted by molar-refractivity contribution is -0.192. The number of carboxylic acid groups (broad SMARTS) is 1. The number of aryl methyl sites for hydroxylation is 1. The van der Waals surface area contributed by atoms with Gasteiger partial charge in [0.25, 0.3) is 5.91 Å². The highest BCUT2D eigenvalue weighted by Crippen LogP contribution is 2.30. The number of piperazine rings is 1. The van der Waals surface area contributed by atoms with Crippen LogP contribution in [0.1, 0.15) is 21.6 Å². The van der Waals surface area contributed by atoms with Gasteiger partial charge in [0, 0.05) is 67.3 Å². The molecule has 4 N–H and O–H groups in total. The summed E-state index contributed by atoms with van der Waals surface area (Å²) < 4.78 is 49.8. The number of benzene rings is 2. The van der Waals surface area contributed by atoms with E-state index >= 15 is 0 Å². The minimum atomic E-state index is -5.08. The molecule has 0 unspecified atom stereocenters. The lowest BCUT2D eigenvalue weighted by atomic mass is 10.1. The van der Waals surface area contributed by atoms with Crippen molar-refractivity contribution in [3.63, 3.8) is 0 Å². The number of imidazole rings is 1. The Balaban J connectivity index is 0.000000480. The van der Waals surface area contributed by atoms with Crippen LogP contribution in [0.25, 0.3) is 27.5 Å². The second-order valence-corrected chi connectivity index (χ2v) is 10.7. The number of aromatic nitrogens is 6. The molecule has 1 aliphatic rings. The van der Waals surface area contributed by atoms with Crippen molar-refractivity contribution in [1.82, 2.24) is 34.7 Å². The zero-order valence-electron chi connectivity index (χ0n) is 24.3. The van der Waals surface area contributed by atoms with E-state index in [1.807, 2.05) is 29.1 Å². The molecule has 2 aromatic carbocycles. The zero-order valence-corrected chi connectivity index (χ0v) is 24.3. The molecule has 0 aliphatic carbocycles. The number of aromatic amines is 1. The number of nitrogens with one attached hydrogen (secondary N) is 3. The van der Waals surface area contributed by atoms with Crippen molar-refractivity contribution < 1.29 is 32.3 Å². The first-order chi connectivity index (χ1) is 22.0. The molecule has 1 fully saturated rings. The average molecular weight is 638 g/mol. The Hall–Kier alpha value is -5.51. The molecule has 1 saturated heterocycles. The van der Waals surface area contributed by atoms with Crippen LogP contribution in [0.2, 0.25) is 0 Å². The van der Waals surface area contributed by atoms with E-state index in [9.17, 15) is 22.4 Å². The number of H-pyrrole nitrogens is 1. The first-order valence-corrected chi connectivity index (χ1v) is 14.1. The van der Waals surface area contributed by atoms with E-state index < -0.39 is 18.0 Å². The number of carbonyl (C=O) groups is 2. The van der Waals surface area contributed by atoms with Crippen molar-refractivity contribution in [3.05, 3.63) is 83.8 Å². The van der Waals surface area contributed by atoms with E-state index in [0.29, 0.717) is 29.0 Å². The Morgan fingerprint density at radius 2 is 1.83 bits per heavy atom. The fourth-order valence-corrected chi connectivity index (χ4v) is 5.31. The molecule has 0 radical (unpaired) electrons. The van der Waals surface area contributed by atoms with E-state index in [1.165, 1.54) is 6.07 Å². The van der Waals surface area contributed by atoms with Crippen LogP contribution < -0.4 is 15.5 Å². The molecular formula is C30H27F4N9O3. The third-order valence-electron chi connectivity index (χ3n) is 7.38. The van der Waals surface area contributed by atoms with Gasteiger partial charge in [0.05, 0.1) is 35.2 Å². The summed E-state index contributed by atoms with van der Waals surface area (Å²) in [6.45, 7) is 5.86. The predicted molar refractivity (Wildman–Crippen MR) is 162 cm³/mol. The van der Waals surface area contributed by atoms with Crippen LogP contribution in [-0.4, -0.2) is 78.7 Å². The molecule has 12 nitrogen and oxygen atoms in total. The fourth-order valence-electron chi connectivity index (χ4n) is 5.31. The van der Waals surface area contributed by atoms with Crippen LogP contribution in [-0.2, 0) is 11.3 Å². The number of amides is 1. The number of carbonyl (C=O) groups excluding carboxylic acids is 1. The van der Waals surface area contributed by atoms with Gasteiger partial charge in [-0.05, 0) is 36.8 Å². The minimum absolute atomic E-state index is 0.223. The van der Waals surface area contributed by atoms with Gasteiger partial charge in [-0.2, -0.15) is 23.4 Å². The molecule has 0 bridgehead atoms. The topological polar surface area (TPSA) is 145 Å². The monoisotopic (exact) mass is 637 g/mol. The van der Waals surface area contributed by atoms with Gasteiger partial charge in [0.15, 0.2) is 11.5 Å². The van der Waals surface area contributed by atoms with Gasteiger partial charge < -0.3 is 25.0 Å². The number of fused-ring (bicyclic) bond motifs is 3. The second kappa shape index (κ2) is 12.1. The standard InChI is InChI=1S/C28H26FN9O.C2HF3O2/c1-17-13-37-15-20(11-23(29)27(37)32-17)33-28(39)21-3-5-25(36-8-6-30-7-9-36)22-16-38(35-26(21)22)14-18-2-4-24-19(10-18)12-31-34-24;3-2(4,5)1(6)7/h2-5,10-13,15-16,30H,6-9,14H2,1H3,(H,31,34)(H,33,39);(H,6,7). The van der Waals surface area contributed by atoms with E-state index in [2.05, 4.69) is 36.8 Å². The third-order valence-corrected chi connectivity index (χ3v) is 7.38. The van der Waals surface area contributed by atoms with Crippen molar-refractivity contribution in [3.8, 4) is 0 Å². The van der Waals surface area contributed by atoms with Gasteiger partial charge in [-0.3, -0.25) is 14.6 Å². The average Bonchev–Trinajstić information content (AvgIpc) is 3.74. The Kier molecular flexibility index (Phi) is 8.04. The fraction of sp³-hybridized carbons (Fsp3) is 0.233. The number of pyridine rings is 1. The highest BCUT2D eigenvalue weighted by molar-refractivity contribution is 6.14. The van der Waals surface area contributed by atoms with Gasteiger partial charge in [0.1, 0.15) is 5.52 Å². The Morgan fingerprint density at radius 1 is 1.07 bits per heavy atom. The summed E-state index contributed by atoms with van der Waals surface area (Å²) in [4.78, 5) is 28.9. The summed E-state index contributed by atoms with van der Waals surface area (Å²) in [5.41, 5.74) is 5.38. The van der Waals surface area contributed by atoms with Crippen molar-refractivity contribution in [2.45, 2.75) is 19.6 Å². The maximum atomic E-state index is 14.6. The number of hydrogen-bond donors (Lipinski definition) is 4. The highest BCUT2D eigenvalue weighted by Gasteiger charge is 2.38. The van der Waals surface area contributed by atoms with Crippen LogP contribution in [0, 0.1) is 12.7 Å². The number of carboxylic acids is 1. The zero-order chi connectivity index (χ0) is 32.6.